The number of halogens is 2. The molecule has 0 saturated heterocycles. The first-order valence-electron chi connectivity index (χ1n) is 6.55. The van der Waals surface area contributed by atoms with Gasteiger partial charge in [-0.2, -0.15) is 0 Å². The summed E-state index contributed by atoms with van der Waals surface area (Å²) in [5, 5.41) is 3.26. The first-order chi connectivity index (χ1) is 11.0. The number of hydrogen-bond donors (Lipinski definition) is 1. The predicted octanol–water partition coefficient (Wildman–Crippen LogP) is 3.80. The predicted molar refractivity (Wildman–Crippen MR) is 88.4 cm³/mol. The van der Waals surface area contributed by atoms with Gasteiger partial charge in [-0.1, -0.05) is 23.2 Å². The van der Waals surface area contributed by atoms with E-state index in [2.05, 4.69) is 5.32 Å². The van der Waals surface area contributed by atoms with Crippen molar-refractivity contribution in [3.05, 3.63) is 58.1 Å². The van der Waals surface area contributed by atoms with Crippen LogP contribution in [0.4, 0.5) is 5.69 Å². The third-order valence-electron chi connectivity index (χ3n) is 2.86. The molecule has 5 nitrogen and oxygen atoms in total. The Balaban J connectivity index is 1.87. The van der Waals surface area contributed by atoms with Crippen molar-refractivity contribution in [1.82, 2.24) is 0 Å². The molecule has 1 amide bonds. The minimum absolute atomic E-state index is 0.319. The van der Waals surface area contributed by atoms with Gasteiger partial charge in [0.15, 0.2) is 6.61 Å². The lowest BCUT2D eigenvalue weighted by Crippen LogP contribution is -2.20. The second-order valence-corrected chi connectivity index (χ2v) is 5.30. The Morgan fingerprint density at radius 3 is 2.35 bits per heavy atom. The Hall–Kier alpha value is -2.24. The summed E-state index contributed by atoms with van der Waals surface area (Å²) in [6.07, 6.45) is 0. The van der Waals surface area contributed by atoms with E-state index in [9.17, 15) is 9.59 Å². The van der Waals surface area contributed by atoms with Crippen LogP contribution in [0.2, 0.25) is 10.0 Å². The molecule has 0 saturated carbocycles. The van der Waals surface area contributed by atoms with Crippen molar-refractivity contribution in [2.24, 2.45) is 0 Å². The van der Waals surface area contributed by atoms with E-state index in [4.69, 9.17) is 32.7 Å². The van der Waals surface area contributed by atoms with Crippen LogP contribution in [0.25, 0.3) is 0 Å². The van der Waals surface area contributed by atoms with Gasteiger partial charge in [0.25, 0.3) is 5.91 Å². The number of carbonyl (C=O) groups excluding carboxylic acids is 2. The Morgan fingerprint density at radius 1 is 1.04 bits per heavy atom. The number of amides is 1. The van der Waals surface area contributed by atoms with Crippen LogP contribution in [-0.2, 0) is 9.53 Å². The largest absolute Gasteiger partial charge is 0.497 e. The van der Waals surface area contributed by atoms with Crippen LogP contribution >= 0.6 is 23.2 Å². The molecule has 0 fully saturated rings. The maximum Gasteiger partial charge on any atom is 0.338 e. The lowest BCUT2D eigenvalue weighted by atomic mass is 10.2. The third kappa shape index (κ3) is 4.87. The van der Waals surface area contributed by atoms with E-state index in [-0.39, 0.29) is 0 Å². The van der Waals surface area contributed by atoms with Crippen molar-refractivity contribution in [3.63, 3.8) is 0 Å². The van der Waals surface area contributed by atoms with E-state index in [1.54, 1.807) is 36.4 Å². The topological polar surface area (TPSA) is 64.6 Å². The summed E-state index contributed by atoms with van der Waals surface area (Å²) < 4.78 is 9.93. The normalized spacial score (nSPS) is 10.0. The molecule has 0 aliphatic heterocycles. The summed E-state index contributed by atoms with van der Waals surface area (Å²) in [6, 6.07) is 11.0. The van der Waals surface area contributed by atoms with Crippen LogP contribution in [0, 0.1) is 0 Å². The lowest BCUT2D eigenvalue weighted by molar-refractivity contribution is -0.119. The molecule has 120 valence electrons. The molecular weight excluding hydrogens is 341 g/mol. The SMILES string of the molecule is COc1ccc(C(=O)OCC(=O)Nc2ccc(Cl)c(Cl)c2)cc1. The summed E-state index contributed by atoms with van der Waals surface area (Å²) in [5.74, 6) is -0.457. The van der Waals surface area contributed by atoms with Gasteiger partial charge in [-0.05, 0) is 42.5 Å². The molecule has 0 aliphatic rings. The third-order valence-corrected chi connectivity index (χ3v) is 3.60. The van der Waals surface area contributed by atoms with Gasteiger partial charge < -0.3 is 14.8 Å². The zero-order valence-corrected chi connectivity index (χ0v) is 13.6. The fraction of sp³-hybridized carbons (Fsp3) is 0.125. The Labute approximate surface area is 143 Å². The molecule has 2 rings (SSSR count). The van der Waals surface area contributed by atoms with Gasteiger partial charge >= 0.3 is 5.97 Å². The van der Waals surface area contributed by atoms with Gasteiger partial charge in [0, 0.05) is 5.69 Å². The Bertz CT molecular complexity index is 717. The van der Waals surface area contributed by atoms with Crippen LogP contribution < -0.4 is 10.1 Å². The monoisotopic (exact) mass is 353 g/mol. The van der Waals surface area contributed by atoms with Crippen molar-refractivity contribution >= 4 is 40.8 Å². The molecule has 0 radical (unpaired) electrons. The van der Waals surface area contributed by atoms with E-state index in [1.807, 2.05) is 0 Å². The van der Waals surface area contributed by atoms with E-state index >= 15 is 0 Å². The highest BCUT2D eigenvalue weighted by Gasteiger charge is 2.11. The molecule has 1 N–H and O–H groups in total. The van der Waals surface area contributed by atoms with E-state index in [0.717, 1.165) is 0 Å². The fourth-order valence-corrected chi connectivity index (χ4v) is 2.01. The summed E-state index contributed by atoms with van der Waals surface area (Å²) in [5.41, 5.74) is 0.790. The van der Waals surface area contributed by atoms with Gasteiger partial charge in [0.1, 0.15) is 5.75 Å². The zero-order chi connectivity index (χ0) is 16.8. The molecule has 0 aromatic heterocycles. The van der Waals surface area contributed by atoms with Crippen molar-refractivity contribution in [3.8, 4) is 5.75 Å². The van der Waals surface area contributed by atoms with Crippen LogP contribution in [0.1, 0.15) is 10.4 Å². The maximum atomic E-state index is 11.8. The number of esters is 1. The number of nitrogens with one attached hydrogen (secondary N) is 1. The molecule has 2 aromatic carbocycles. The van der Waals surface area contributed by atoms with Crippen molar-refractivity contribution in [2.75, 3.05) is 19.0 Å². The summed E-state index contributed by atoms with van der Waals surface area (Å²) >= 11 is 11.6. The number of anilines is 1. The van der Waals surface area contributed by atoms with Crippen LogP contribution in [0.5, 0.6) is 5.75 Å². The summed E-state index contributed by atoms with van der Waals surface area (Å²) in [7, 11) is 1.53. The summed E-state index contributed by atoms with van der Waals surface area (Å²) in [6.45, 7) is -0.412. The van der Waals surface area contributed by atoms with Gasteiger partial charge in [-0.3, -0.25) is 4.79 Å². The quantitative estimate of drug-likeness (QED) is 0.830. The number of methoxy groups -OCH3 is 1. The number of carbonyl (C=O) groups is 2. The smallest absolute Gasteiger partial charge is 0.338 e. The number of ether oxygens (including phenoxy) is 2. The first kappa shape index (κ1) is 17.1. The van der Waals surface area contributed by atoms with Gasteiger partial charge in [0.05, 0.1) is 22.7 Å². The molecule has 0 bridgehead atoms. The second-order valence-electron chi connectivity index (χ2n) is 4.48. The lowest BCUT2D eigenvalue weighted by Gasteiger charge is -2.08. The molecule has 0 aliphatic carbocycles. The number of rotatable bonds is 5. The highest BCUT2D eigenvalue weighted by Crippen LogP contribution is 2.24. The van der Waals surface area contributed by atoms with E-state index < -0.39 is 18.5 Å². The van der Waals surface area contributed by atoms with E-state index in [0.29, 0.717) is 27.0 Å². The molecule has 23 heavy (non-hydrogen) atoms. The molecule has 0 spiro atoms. The number of hydrogen-bond acceptors (Lipinski definition) is 4. The fourth-order valence-electron chi connectivity index (χ4n) is 1.71. The van der Waals surface area contributed by atoms with Crippen LogP contribution in [0.15, 0.2) is 42.5 Å². The van der Waals surface area contributed by atoms with Crippen LogP contribution in [-0.4, -0.2) is 25.6 Å². The maximum absolute atomic E-state index is 11.8. The minimum atomic E-state index is -0.600. The van der Waals surface area contributed by atoms with Gasteiger partial charge in [-0.25, -0.2) is 4.79 Å². The molecule has 0 heterocycles. The molecule has 0 atom stereocenters. The average molecular weight is 354 g/mol. The highest BCUT2D eigenvalue weighted by atomic mass is 35.5. The average Bonchev–Trinajstić information content (AvgIpc) is 2.56. The van der Waals surface area contributed by atoms with Crippen molar-refractivity contribution in [1.29, 1.82) is 0 Å². The van der Waals surface area contributed by atoms with Gasteiger partial charge in [-0.15, -0.1) is 0 Å². The summed E-state index contributed by atoms with van der Waals surface area (Å²) in [4.78, 5) is 23.6. The van der Waals surface area contributed by atoms with Crippen molar-refractivity contribution < 1.29 is 19.1 Å². The highest BCUT2D eigenvalue weighted by molar-refractivity contribution is 6.42. The molecule has 2 aromatic rings. The second kappa shape index (κ2) is 7.85. The standard InChI is InChI=1S/C16H13Cl2NO4/c1-22-12-5-2-10(3-6-12)16(21)23-9-15(20)19-11-4-7-13(17)14(18)8-11/h2-8H,9H2,1H3,(H,19,20). The van der Waals surface area contributed by atoms with Crippen LogP contribution in [0.3, 0.4) is 0 Å². The van der Waals surface area contributed by atoms with E-state index in [1.165, 1.54) is 13.2 Å². The minimum Gasteiger partial charge on any atom is -0.497 e. The molecule has 0 unspecified atom stereocenters. The Kier molecular flexibility index (Phi) is 5.84. The Morgan fingerprint density at radius 2 is 1.74 bits per heavy atom. The molecular formula is C16H13Cl2NO4. The van der Waals surface area contributed by atoms with Crippen molar-refractivity contribution in [2.45, 2.75) is 0 Å². The first-order valence-corrected chi connectivity index (χ1v) is 7.31. The zero-order valence-electron chi connectivity index (χ0n) is 12.1. The molecule has 7 heteroatoms. The van der Waals surface area contributed by atoms with Gasteiger partial charge in [0.2, 0.25) is 0 Å². The number of benzene rings is 2.